The quantitative estimate of drug-likeness (QED) is 0.411. The van der Waals surface area contributed by atoms with Crippen molar-refractivity contribution in [2.24, 2.45) is 11.0 Å². The van der Waals surface area contributed by atoms with Crippen molar-refractivity contribution in [1.29, 1.82) is 0 Å². The van der Waals surface area contributed by atoms with E-state index in [0.717, 1.165) is 12.1 Å². The number of benzene rings is 1. The highest BCUT2D eigenvalue weighted by Crippen LogP contribution is 2.41. The van der Waals surface area contributed by atoms with E-state index in [-0.39, 0.29) is 23.2 Å². The minimum absolute atomic E-state index is 0.132. The van der Waals surface area contributed by atoms with Crippen molar-refractivity contribution in [2.45, 2.75) is 69.7 Å². The second kappa shape index (κ2) is 10.6. The Balaban J connectivity index is 1.76. The van der Waals surface area contributed by atoms with Crippen molar-refractivity contribution >= 4 is 23.6 Å². The summed E-state index contributed by atoms with van der Waals surface area (Å²) in [4.78, 5) is 35.2. The molecular formula is C23H28F4N4O4. The molecule has 0 aromatic heterocycles. The fourth-order valence-electron chi connectivity index (χ4n) is 4.71. The van der Waals surface area contributed by atoms with Crippen LogP contribution in [-0.2, 0) is 20.7 Å². The van der Waals surface area contributed by atoms with Gasteiger partial charge in [-0.25, -0.2) is 14.6 Å². The molecule has 3 N–H and O–H groups in total. The van der Waals surface area contributed by atoms with E-state index in [1.54, 1.807) is 6.92 Å². The van der Waals surface area contributed by atoms with Crippen LogP contribution < -0.4 is 16.1 Å². The lowest BCUT2D eigenvalue weighted by Crippen LogP contribution is -2.53. The van der Waals surface area contributed by atoms with Gasteiger partial charge < -0.3 is 15.4 Å². The topological polar surface area (TPSA) is 109 Å². The van der Waals surface area contributed by atoms with Crippen LogP contribution in [0.1, 0.15) is 56.6 Å². The van der Waals surface area contributed by atoms with Gasteiger partial charge in [0.1, 0.15) is 11.5 Å². The number of ether oxygens (including phenoxy) is 1. The van der Waals surface area contributed by atoms with Gasteiger partial charge in [-0.3, -0.25) is 9.59 Å². The molecule has 1 fully saturated rings. The fourth-order valence-corrected chi connectivity index (χ4v) is 4.71. The van der Waals surface area contributed by atoms with Crippen molar-refractivity contribution in [2.75, 3.05) is 7.05 Å². The normalized spacial score (nSPS) is 23.1. The van der Waals surface area contributed by atoms with Crippen molar-refractivity contribution in [3.8, 4) is 0 Å². The molecule has 0 radical (unpaired) electrons. The minimum atomic E-state index is -4.41. The maximum Gasteiger partial charge on any atom is 0.428 e. The molecule has 3 amide bonds. The van der Waals surface area contributed by atoms with E-state index in [1.165, 1.54) is 13.1 Å². The Morgan fingerprint density at radius 1 is 1.26 bits per heavy atom. The van der Waals surface area contributed by atoms with Crippen LogP contribution in [0.4, 0.5) is 22.4 Å². The molecule has 192 valence electrons. The van der Waals surface area contributed by atoms with Gasteiger partial charge in [-0.15, -0.1) is 0 Å². The molecule has 1 spiro atoms. The first kappa shape index (κ1) is 26.4. The number of nitrogens with zero attached hydrogens (tertiary/aromatic N) is 1. The third-order valence-electron chi connectivity index (χ3n) is 6.39. The van der Waals surface area contributed by atoms with Gasteiger partial charge in [0.25, 0.3) is 0 Å². The average molecular weight is 500 g/mol. The van der Waals surface area contributed by atoms with E-state index in [4.69, 9.17) is 4.74 Å². The number of aryl methyl sites for hydroxylation is 1. The lowest BCUT2D eigenvalue weighted by atomic mass is 9.72. The van der Waals surface area contributed by atoms with Crippen LogP contribution in [0.2, 0.25) is 0 Å². The monoisotopic (exact) mass is 500 g/mol. The van der Waals surface area contributed by atoms with Crippen LogP contribution in [0.3, 0.4) is 0 Å². The van der Waals surface area contributed by atoms with Crippen LogP contribution in [0.5, 0.6) is 0 Å². The summed E-state index contributed by atoms with van der Waals surface area (Å²) >= 11 is 0. The molecule has 1 aliphatic carbocycles. The van der Waals surface area contributed by atoms with Gasteiger partial charge in [-0.1, -0.05) is 0 Å². The van der Waals surface area contributed by atoms with Crippen molar-refractivity contribution < 1.29 is 36.7 Å². The fraction of sp³-hybridized carbons (Fsp3) is 0.565. The summed E-state index contributed by atoms with van der Waals surface area (Å²) in [7, 11) is 1.36. The van der Waals surface area contributed by atoms with E-state index < -0.39 is 48.3 Å². The third kappa shape index (κ3) is 6.70. The predicted octanol–water partition coefficient (Wildman–Crippen LogP) is 3.33. The number of carbonyl (C=O) groups is 3. The smallest absolute Gasteiger partial charge is 0.428 e. The highest BCUT2D eigenvalue weighted by Gasteiger charge is 2.47. The average Bonchev–Trinajstić information content (AvgIpc) is 2.79. The lowest BCUT2D eigenvalue weighted by Gasteiger charge is -2.42. The molecule has 1 aliphatic heterocycles. The van der Waals surface area contributed by atoms with E-state index in [1.807, 2.05) is 0 Å². The summed E-state index contributed by atoms with van der Waals surface area (Å²) < 4.78 is 58.1. The Hall–Kier alpha value is -3.18. The zero-order valence-electron chi connectivity index (χ0n) is 19.4. The van der Waals surface area contributed by atoms with Crippen LogP contribution in [-0.4, -0.2) is 48.5 Å². The highest BCUT2D eigenvalue weighted by molar-refractivity contribution is 6.35. The standard InChI is InChI=1S/C23H28F4N4O4/c1-13(29-20(33)19(32)28-2)11-14-5-8-22(9-6-14)18(30-31-21(34)35-22)17-4-3-16(24)12-15(17)7-10-23(25,26)27/h3-4,12-14H,5-11H2,1-2H3,(H,28,32)(H,29,33)(H,31,34)/t13-,14?,22?/m0/s1. The lowest BCUT2D eigenvalue weighted by molar-refractivity contribution is -0.139. The molecule has 1 aromatic carbocycles. The molecule has 35 heavy (non-hydrogen) atoms. The van der Waals surface area contributed by atoms with Gasteiger partial charge in [0.2, 0.25) is 0 Å². The summed E-state index contributed by atoms with van der Waals surface area (Å²) in [6, 6.07) is 3.29. The van der Waals surface area contributed by atoms with Gasteiger partial charge in [0.15, 0.2) is 5.60 Å². The Morgan fingerprint density at radius 2 is 1.94 bits per heavy atom. The maximum absolute atomic E-state index is 13.9. The number of hydrazone groups is 1. The van der Waals surface area contributed by atoms with E-state index in [9.17, 15) is 31.9 Å². The second-order valence-corrected chi connectivity index (χ2v) is 9.01. The zero-order valence-corrected chi connectivity index (χ0v) is 19.4. The van der Waals surface area contributed by atoms with E-state index in [0.29, 0.717) is 37.7 Å². The maximum atomic E-state index is 13.9. The number of halogens is 4. The molecule has 0 saturated heterocycles. The Labute approximate surface area is 199 Å². The second-order valence-electron chi connectivity index (χ2n) is 9.01. The van der Waals surface area contributed by atoms with Crippen molar-refractivity contribution in [3.63, 3.8) is 0 Å². The van der Waals surface area contributed by atoms with Crippen LogP contribution in [0.15, 0.2) is 23.3 Å². The summed E-state index contributed by atoms with van der Waals surface area (Å²) in [5.74, 6) is -1.98. The van der Waals surface area contributed by atoms with Gasteiger partial charge in [0.05, 0.1) is 0 Å². The first-order valence-corrected chi connectivity index (χ1v) is 11.4. The van der Waals surface area contributed by atoms with Gasteiger partial charge >= 0.3 is 24.1 Å². The molecule has 1 heterocycles. The van der Waals surface area contributed by atoms with Crippen LogP contribution in [0.25, 0.3) is 0 Å². The third-order valence-corrected chi connectivity index (χ3v) is 6.39. The predicted molar refractivity (Wildman–Crippen MR) is 118 cm³/mol. The Kier molecular flexibility index (Phi) is 8.01. The number of amides is 3. The molecule has 0 unspecified atom stereocenters. The van der Waals surface area contributed by atoms with Crippen molar-refractivity contribution in [1.82, 2.24) is 16.1 Å². The molecule has 0 bridgehead atoms. The van der Waals surface area contributed by atoms with Gasteiger partial charge in [-0.2, -0.15) is 18.3 Å². The summed E-state index contributed by atoms with van der Waals surface area (Å²) in [6.45, 7) is 1.79. The zero-order chi connectivity index (χ0) is 25.8. The highest BCUT2D eigenvalue weighted by atomic mass is 19.4. The summed E-state index contributed by atoms with van der Waals surface area (Å²) in [6.07, 6.45) is -4.27. The summed E-state index contributed by atoms with van der Waals surface area (Å²) in [5.41, 5.74) is 1.78. The largest absolute Gasteiger partial charge is 0.435 e. The number of likely N-dealkylation sites (N-methyl/N-ethyl adjacent to an activating group) is 1. The summed E-state index contributed by atoms with van der Waals surface area (Å²) in [5, 5.41) is 9.02. The van der Waals surface area contributed by atoms with Crippen LogP contribution in [0, 0.1) is 11.7 Å². The van der Waals surface area contributed by atoms with Crippen LogP contribution >= 0.6 is 0 Å². The number of rotatable bonds is 6. The number of nitrogens with one attached hydrogen (secondary N) is 3. The van der Waals surface area contributed by atoms with E-state index >= 15 is 0 Å². The molecule has 1 aromatic rings. The molecular weight excluding hydrogens is 472 g/mol. The molecule has 1 atom stereocenters. The molecule has 3 rings (SSSR count). The molecule has 12 heteroatoms. The van der Waals surface area contributed by atoms with Gasteiger partial charge in [0, 0.05) is 25.1 Å². The number of alkyl halides is 3. The first-order valence-electron chi connectivity index (χ1n) is 11.4. The number of hydrogen-bond acceptors (Lipinski definition) is 5. The van der Waals surface area contributed by atoms with E-state index in [2.05, 4.69) is 21.2 Å². The first-order chi connectivity index (χ1) is 16.4. The minimum Gasteiger partial charge on any atom is -0.435 e. The molecule has 8 nitrogen and oxygen atoms in total. The Morgan fingerprint density at radius 3 is 2.57 bits per heavy atom. The molecule has 2 aliphatic rings. The number of carbonyl (C=O) groups excluding carboxylic acids is 3. The SMILES string of the molecule is CNC(=O)C(=O)N[C@@H](C)CC1CCC2(CC1)OC(=O)NN=C2c1ccc(F)cc1CCC(F)(F)F. The molecule has 1 saturated carbocycles. The van der Waals surface area contributed by atoms with Crippen molar-refractivity contribution in [3.05, 3.63) is 35.1 Å². The van der Waals surface area contributed by atoms with Gasteiger partial charge in [-0.05, 0) is 75.1 Å². The Bertz CT molecular complexity index is 1000. The number of hydrogen-bond donors (Lipinski definition) is 3.